The summed E-state index contributed by atoms with van der Waals surface area (Å²) in [7, 11) is -6.16. The van der Waals surface area contributed by atoms with Crippen molar-refractivity contribution in [3.05, 3.63) is 0 Å². The molecule has 10 heteroatoms. The van der Waals surface area contributed by atoms with Crippen LogP contribution >= 0.6 is 14.7 Å². The fraction of sp³-hybridized carbons (Fsp3) is 0.857. The van der Waals surface area contributed by atoms with E-state index in [9.17, 15) is 18.7 Å². The van der Waals surface area contributed by atoms with Crippen molar-refractivity contribution < 1.29 is 38.7 Å². The van der Waals surface area contributed by atoms with Crippen LogP contribution in [0.5, 0.6) is 0 Å². The van der Waals surface area contributed by atoms with Gasteiger partial charge in [0.1, 0.15) is 0 Å². The minimum absolute atomic E-state index is 0.122. The third-order valence-corrected chi connectivity index (χ3v) is 5.47. The summed E-state index contributed by atoms with van der Waals surface area (Å²) in [5, 5.41) is 16.9. The summed E-state index contributed by atoms with van der Waals surface area (Å²) in [6, 6.07) is 0. The highest BCUT2D eigenvalue weighted by Gasteiger charge is 2.25. The first-order valence-corrected chi connectivity index (χ1v) is 12.3. The molecule has 0 aliphatic carbocycles. The molecule has 0 rings (SSSR count). The zero-order valence-corrected chi connectivity index (χ0v) is 16.5. The standard InChI is InChI=1S/C7H13O6P.C7H17O2P/c1-14(12,13)4-5(7(10)11)2-3-6(8)9;1-4-5-7(2)6-10(3,8)9/h5H,2-4H2,1H3,(H,8,9)(H,10,11)(H,12,13);7H,4-6H2,1-3H3,(H,8,9). The van der Waals surface area contributed by atoms with Gasteiger partial charge in [-0.05, 0) is 12.3 Å². The molecule has 0 radical (unpaired) electrons. The van der Waals surface area contributed by atoms with Gasteiger partial charge in [0.25, 0.3) is 0 Å². The maximum atomic E-state index is 10.9. The molecule has 0 aliphatic rings. The van der Waals surface area contributed by atoms with Crippen LogP contribution in [0.3, 0.4) is 0 Å². The maximum absolute atomic E-state index is 10.9. The summed E-state index contributed by atoms with van der Waals surface area (Å²) in [4.78, 5) is 38.6. The summed E-state index contributed by atoms with van der Waals surface area (Å²) in [5.41, 5.74) is 0. The quantitative estimate of drug-likeness (QED) is 0.417. The van der Waals surface area contributed by atoms with Gasteiger partial charge in [-0.2, -0.15) is 0 Å². The van der Waals surface area contributed by atoms with E-state index < -0.39 is 32.6 Å². The Balaban J connectivity index is 0. The number of hydrogen-bond acceptors (Lipinski definition) is 4. The van der Waals surface area contributed by atoms with Crippen LogP contribution in [0.2, 0.25) is 0 Å². The van der Waals surface area contributed by atoms with Crippen molar-refractivity contribution in [2.24, 2.45) is 11.8 Å². The van der Waals surface area contributed by atoms with Gasteiger partial charge in [-0.1, -0.05) is 26.7 Å². The van der Waals surface area contributed by atoms with Crippen molar-refractivity contribution in [2.45, 2.75) is 39.5 Å². The monoisotopic (exact) mass is 388 g/mol. The van der Waals surface area contributed by atoms with Crippen LogP contribution in [0.25, 0.3) is 0 Å². The van der Waals surface area contributed by atoms with Crippen LogP contribution in [0.15, 0.2) is 0 Å². The molecule has 0 heterocycles. The van der Waals surface area contributed by atoms with E-state index in [1.54, 1.807) is 0 Å². The highest BCUT2D eigenvalue weighted by atomic mass is 31.2. The van der Waals surface area contributed by atoms with Gasteiger partial charge in [-0.25, -0.2) is 0 Å². The highest BCUT2D eigenvalue weighted by Crippen LogP contribution is 2.39. The fourth-order valence-corrected chi connectivity index (χ4v) is 4.66. The zero-order chi connectivity index (χ0) is 19.6. The number of hydrogen-bond donors (Lipinski definition) is 4. The molecule has 0 amide bonds. The van der Waals surface area contributed by atoms with Crippen LogP contribution in [0.4, 0.5) is 0 Å². The lowest BCUT2D eigenvalue weighted by atomic mass is 10.1. The number of carbonyl (C=O) groups is 2. The van der Waals surface area contributed by atoms with Crippen LogP contribution < -0.4 is 0 Å². The number of rotatable bonds is 10. The molecule has 0 aliphatic heterocycles. The Labute approximate surface area is 143 Å². The summed E-state index contributed by atoms with van der Waals surface area (Å²) in [6.45, 7) is 6.60. The van der Waals surface area contributed by atoms with Gasteiger partial charge in [-0.3, -0.25) is 18.7 Å². The lowest BCUT2D eigenvalue weighted by Crippen LogP contribution is -2.19. The fourth-order valence-electron chi connectivity index (χ4n) is 2.16. The topological polar surface area (TPSA) is 149 Å². The second kappa shape index (κ2) is 11.8. The van der Waals surface area contributed by atoms with Crippen molar-refractivity contribution in [2.75, 3.05) is 25.7 Å². The maximum Gasteiger partial charge on any atom is 0.307 e. The van der Waals surface area contributed by atoms with Gasteiger partial charge in [0.2, 0.25) is 0 Å². The number of aliphatic carboxylic acids is 2. The highest BCUT2D eigenvalue weighted by molar-refractivity contribution is 7.57. The number of carboxylic acids is 2. The number of carboxylic acid groups (broad SMARTS) is 2. The van der Waals surface area contributed by atoms with Crippen molar-refractivity contribution in [3.8, 4) is 0 Å². The van der Waals surface area contributed by atoms with E-state index in [4.69, 9.17) is 20.0 Å². The van der Waals surface area contributed by atoms with E-state index in [1.165, 1.54) is 6.66 Å². The molecule has 24 heavy (non-hydrogen) atoms. The predicted octanol–water partition coefficient (Wildman–Crippen LogP) is 2.77. The minimum Gasteiger partial charge on any atom is -0.481 e. The largest absolute Gasteiger partial charge is 0.481 e. The third kappa shape index (κ3) is 19.4. The molecule has 4 N–H and O–H groups in total. The molecule has 0 aromatic heterocycles. The van der Waals surface area contributed by atoms with E-state index >= 15 is 0 Å². The average Bonchev–Trinajstić information content (AvgIpc) is 2.31. The Morgan fingerprint density at radius 1 is 0.958 bits per heavy atom. The van der Waals surface area contributed by atoms with Gasteiger partial charge in [0.05, 0.1) is 5.92 Å². The van der Waals surface area contributed by atoms with E-state index in [-0.39, 0.29) is 19.0 Å². The van der Waals surface area contributed by atoms with Gasteiger partial charge < -0.3 is 20.0 Å². The molecular weight excluding hydrogens is 358 g/mol. The van der Waals surface area contributed by atoms with Crippen molar-refractivity contribution >= 4 is 26.7 Å². The second-order valence-corrected chi connectivity index (χ2v) is 11.3. The van der Waals surface area contributed by atoms with Crippen LogP contribution in [-0.2, 0) is 18.7 Å². The Hall–Kier alpha value is -0.680. The summed E-state index contributed by atoms with van der Waals surface area (Å²) in [5.74, 6) is -3.01. The van der Waals surface area contributed by atoms with Crippen LogP contribution in [-0.4, -0.2) is 57.6 Å². The smallest absolute Gasteiger partial charge is 0.307 e. The first-order valence-electron chi connectivity index (χ1n) is 7.71. The molecular formula is C14H30O8P2. The van der Waals surface area contributed by atoms with Crippen LogP contribution in [0, 0.1) is 11.8 Å². The Morgan fingerprint density at radius 2 is 1.42 bits per heavy atom. The van der Waals surface area contributed by atoms with Gasteiger partial charge in [0, 0.05) is 32.1 Å². The molecule has 0 saturated carbocycles. The van der Waals surface area contributed by atoms with Crippen molar-refractivity contribution in [1.29, 1.82) is 0 Å². The van der Waals surface area contributed by atoms with Gasteiger partial charge in [-0.15, -0.1) is 0 Å². The molecule has 0 aromatic rings. The zero-order valence-electron chi connectivity index (χ0n) is 14.7. The lowest BCUT2D eigenvalue weighted by molar-refractivity contribution is -0.142. The SMILES string of the molecule is CCCC(C)CP(C)(=O)O.CP(=O)(O)CC(CCC(=O)O)C(=O)O. The molecule has 4 atom stereocenters. The Bertz CT molecular complexity index is 479. The molecule has 8 nitrogen and oxygen atoms in total. The molecule has 0 fully saturated rings. The van der Waals surface area contributed by atoms with E-state index in [1.807, 2.05) is 6.92 Å². The van der Waals surface area contributed by atoms with Crippen molar-refractivity contribution in [1.82, 2.24) is 0 Å². The van der Waals surface area contributed by atoms with E-state index in [0.717, 1.165) is 19.5 Å². The molecule has 0 bridgehead atoms. The normalized spacial score (nSPS) is 18.2. The van der Waals surface area contributed by atoms with Gasteiger partial charge >= 0.3 is 11.9 Å². The molecule has 0 spiro atoms. The molecule has 0 saturated heterocycles. The van der Waals surface area contributed by atoms with Gasteiger partial charge in [0.15, 0.2) is 14.7 Å². The first-order chi connectivity index (χ1) is 10.7. The minimum atomic E-state index is -3.41. The predicted molar refractivity (Wildman–Crippen MR) is 93.3 cm³/mol. The summed E-state index contributed by atoms with van der Waals surface area (Å²) >= 11 is 0. The second-order valence-electron chi connectivity index (χ2n) is 6.33. The Kier molecular flexibility index (Phi) is 12.6. The molecule has 0 aromatic carbocycles. The lowest BCUT2D eigenvalue weighted by Gasteiger charge is -2.12. The van der Waals surface area contributed by atoms with Crippen LogP contribution in [0.1, 0.15) is 39.5 Å². The third-order valence-electron chi connectivity index (χ3n) is 3.05. The average molecular weight is 388 g/mol. The molecule has 4 unspecified atom stereocenters. The summed E-state index contributed by atoms with van der Waals surface area (Å²) < 4.78 is 21.8. The Morgan fingerprint density at radius 3 is 1.71 bits per heavy atom. The first kappa shape index (κ1) is 25.6. The van der Waals surface area contributed by atoms with E-state index in [2.05, 4.69) is 6.92 Å². The van der Waals surface area contributed by atoms with Crippen molar-refractivity contribution in [3.63, 3.8) is 0 Å². The van der Waals surface area contributed by atoms with E-state index in [0.29, 0.717) is 12.1 Å². The summed E-state index contributed by atoms with van der Waals surface area (Å²) in [6.07, 6.45) is 1.82. The molecule has 144 valence electrons.